The van der Waals surface area contributed by atoms with Crippen molar-refractivity contribution in [2.45, 2.75) is 19.3 Å². The standard InChI is InChI=1S/C11H16N2O.2ClH/c14-13(8-3-4-9-13)10-6-11-5-1-2-7-12-11;;/h1-2,5,7H,3-4,6,8-10H2;2*1H. The molecule has 3 nitrogen and oxygen atoms in total. The minimum Gasteiger partial charge on any atom is -0.633 e. The fraction of sp³-hybridized carbons (Fsp3) is 0.545. The number of nitrogens with zero attached hydrogens (tertiary/aromatic N) is 2. The summed E-state index contributed by atoms with van der Waals surface area (Å²) in [6, 6.07) is 5.87. The Labute approximate surface area is 109 Å². The van der Waals surface area contributed by atoms with Crippen LogP contribution in [0, 0.1) is 5.21 Å². The molecule has 0 radical (unpaired) electrons. The molecule has 0 bridgehead atoms. The number of hydroxylamine groups is 3. The number of pyridine rings is 1. The van der Waals surface area contributed by atoms with E-state index in [0.29, 0.717) is 6.54 Å². The molecule has 5 heteroatoms. The van der Waals surface area contributed by atoms with E-state index in [9.17, 15) is 5.21 Å². The van der Waals surface area contributed by atoms with Crippen LogP contribution in [0.1, 0.15) is 18.5 Å². The Morgan fingerprint density at radius 2 is 1.88 bits per heavy atom. The van der Waals surface area contributed by atoms with Crippen LogP contribution in [0.5, 0.6) is 0 Å². The number of likely N-dealkylation sites (tertiary alicyclic amines) is 1. The van der Waals surface area contributed by atoms with E-state index in [2.05, 4.69) is 4.98 Å². The summed E-state index contributed by atoms with van der Waals surface area (Å²) >= 11 is 0. The van der Waals surface area contributed by atoms with Crippen molar-refractivity contribution in [1.29, 1.82) is 0 Å². The van der Waals surface area contributed by atoms with Gasteiger partial charge in [0.05, 0.1) is 19.6 Å². The molecule has 2 rings (SSSR count). The summed E-state index contributed by atoms with van der Waals surface area (Å²) in [7, 11) is 0. The third kappa shape index (κ3) is 4.26. The van der Waals surface area contributed by atoms with Gasteiger partial charge >= 0.3 is 0 Å². The first kappa shape index (κ1) is 15.7. The van der Waals surface area contributed by atoms with Crippen LogP contribution in [0.2, 0.25) is 0 Å². The normalized spacial score (nSPS) is 17.3. The van der Waals surface area contributed by atoms with Crippen molar-refractivity contribution in [3.8, 4) is 0 Å². The second-order valence-electron chi connectivity index (χ2n) is 4.01. The summed E-state index contributed by atoms with van der Waals surface area (Å²) in [6.45, 7) is 2.29. The van der Waals surface area contributed by atoms with Crippen LogP contribution >= 0.6 is 24.8 Å². The summed E-state index contributed by atoms with van der Waals surface area (Å²) in [4.78, 5) is 4.22. The zero-order valence-electron chi connectivity index (χ0n) is 9.17. The number of halogens is 2. The number of hydrogen-bond donors (Lipinski definition) is 0. The van der Waals surface area contributed by atoms with Gasteiger partial charge in [-0.2, -0.15) is 0 Å². The predicted molar refractivity (Wildman–Crippen MR) is 69.9 cm³/mol. The van der Waals surface area contributed by atoms with Crippen molar-refractivity contribution in [3.63, 3.8) is 0 Å². The highest BCUT2D eigenvalue weighted by molar-refractivity contribution is 5.85. The van der Waals surface area contributed by atoms with Gasteiger partial charge in [-0.05, 0) is 12.1 Å². The summed E-state index contributed by atoms with van der Waals surface area (Å²) in [5.41, 5.74) is 1.03. The van der Waals surface area contributed by atoms with Crippen LogP contribution in [-0.4, -0.2) is 29.3 Å². The molecule has 0 unspecified atom stereocenters. The second kappa shape index (κ2) is 7.07. The smallest absolute Gasteiger partial charge is 0.0840 e. The van der Waals surface area contributed by atoms with Crippen LogP contribution in [0.25, 0.3) is 0 Å². The Morgan fingerprint density at radius 1 is 1.19 bits per heavy atom. The lowest BCUT2D eigenvalue weighted by Gasteiger charge is -2.38. The summed E-state index contributed by atoms with van der Waals surface area (Å²) < 4.78 is -0.00340. The topological polar surface area (TPSA) is 36.0 Å². The van der Waals surface area contributed by atoms with E-state index in [4.69, 9.17) is 0 Å². The quantitative estimate of drug-likeness (QED) is 0.622. The maximum absolute atomic E-state index is 12.0. The highest BCUT2D eigenvalue weighted by Gasteiger charge is 2.22. The Hall–Kier alpha value is -0.350. The molecule has 0 amide bonds. The number of quaternary nitrogens is 1. The van der Waals surface area contributed by atoms with Crippen LogP contribution < -0.4 is 0 Å². The fourth-order valence-corrected chi connectivity index (χ4v) is 2.00. The summed E-state index contributed by atoms with van der Waals surface area (Å²) in [6.07, 6.45) is 4.77. The third-order valence-electron chi connectivity index (χ3n) is 2.88. The molecule has 0 N–H and O–H groups in total. The van der Waals surface area contributed by atoms with Gasteiger partial charge in [-0.15, -0.1) is 24.8 Å². The van der Waals surface area contributed by atoms with E-state index in [1.165, 1.54) is 0 Å². The lowest BCUT2D eigenvalue weighted by atomic mass is 10.2. The predicted octanol–water partition coefficient (Wildman–Crippen LogP) is 2.58. The van der Waals surface area contributed by atoms with Gasteiger partial charge in [-0.25, -0.2) is 0 Å². The van der Waals surface area contributed by atoms with Gasteiger partial charge in [0.25, 0.3) is 0 Å². The molecule has 0 aliphatic carbocycles. The molecule has 1 aromatic heterocycles. The molecule has 16 heavy (non-hydrogen) atoms. The van der Waals surface area contributed by atoms with Crippen molar-refractivity contribution in [2.24, 2.45) is 0 Å². The van der Waals surface area contributed by atoms with Crippen molar-refractivity contribution >= 4 is 24.8 Å². The maximum Gasteiger partial charge on any atom is 0.0840 e. The Morgan fingerprint density at radius 3 is 2.44 bits per heavy atom. The van der Waals surface area contributed by atoms with Gasteiger partial charge in [0.1, 0.15) is 0 Å². The van der Waals surface area contributed by atoms with E-state index in [-0.39, 0.29) is 29.5 Å². The van der Waals surface area contributed by atoms with Crippen LogP contribution in [0.3, 0.4) is 0 Å². The molecule has 92 valence electrons. The van der Waals surface area contributed by atoms with Crippen LogP contribution in [-0.2, 0) is 6.42 Å². The van der Waals surface area contributed by atoms with Crippen molar-refractivity contribution in [1.82, 2.24) is 4.98 Å². The lowest BCUT2D eigenvalue weighted by molar-refractivity contribution is -0.868. The highest BCUT2D eigenvalue weighted by Crippen LogP contribution is 2.17. The molecule has 0 atom stereocenters. The largest absolute Gasteiger partial charge is 0.633 e. The van der Waals surface area contributed by atoms with Crippen molar-refractivity contribution in [3.05, 3.63) is 35.3 Å². The first-order chi connectivity index (χ1) is 6.79. The molecular formula is C11H18Cl2N2O. The minimum atomic E-state index is -0.00340. The number of aromatic nitrogens is 1. The van der Waals surface area contributed by atoms with Crippen LogP contribution in [0.15, 0.2) is 24.4 Å². The maximum atomic E-state index is 12.0. The molecule has 1 aliphatic rings. The first-order valence-corrected chi connectivity index (χ1v) is 5.26. The van der Waals surface area contributed by atoms with Crippen LogP contribution in [0.4, 0.5) is 0 Å². The van der Waals surface area contributed by atoms with Gasteiger partial charge in [0, 0.05) is 31.2 Å². The fourth-order valence-electron chi connectivity index (χ4n) is 2.00. The Balaban J connectivity index is 0.00000112. The highest BCUT2D eigenvalue weighted by atomic mass is 35.5. The summed E-state index contributed by atoms with van der Waals surface area (Å²) in [5.74, 6) is 0. The molecule has 1 aliphatic heterocycles. The minimum absolute atomic E-state index is 0. The average Bonchev–Trinajstić information content (AvgIpc) is 2.65. The van der Waals surface area contributed by atoms with Crippen molar-refractivity contribution < 1.29 is 4.65 Å². The third-order valence-corrected chi connectivity index (χ3v) is 2.88. The van der Waals surface area contributed by atoms with Crippen molar-refractivity contribution in [2.75, 3.05) is 19.6 Å². The van der Waals surface area contributed by atoms with Gasteiger partial charge in [-0.1, -0.05) is 6.07 Å². The SMILES string of the molecule is Cl.Cl.[O-][N+]1(CCc2ccccn2)CCCC1. The van der Waals surface area contributed by atoms with E-state index < -0.39 is 0 Å². The zero-order chi connectivity index (χ0) is 9.86. The second-order valence-corrected chi connectivity index (χ2v) is 4.01. The number of rotatable bonds is 3. The monoisotopic (exact) mass is 264 g/mol. The molecule has 2 heterocycles. The molecular weight excluding hydrogens is 247 g/mol. The molecule has 0 spiro atoms. The van der Waals surface area contributed by atoms with E-state index in [1.54, 1.807) is 6.20 Å². The van der Waals surface area contributed by atoms with E-state index in [1.807, 2.05) is 18.2 Å². The lowest BCUT2D eigenvalue weighted by Crippen LogP contribution is -2.40. The van der Waals surface area contributed by atoms with Gasteiger partial charge in [0.2, 0.25) is 0 Å². The van der Waals surface area contributed by atoms with E-state index in [0.717, 1.165) is 38.0 Å². The Bertz CT molecular complexity index is 289. The summed E-state index contributed by atoms with van der Waals surface area (Å²) in [5, 5.41) is 12.0. The van der Waals surface area contributed by atoms with Gasteiger partial charge in [0.15, 0.2) is 0 Å². The zero-order valence-corrected chi connectivity index (χ0v) is 10.8. The first-order valence-electron chi connectivity index (χ1n) is 5.26. The van der Waals surface area contributed by atoms with Gasteiger partial charge in [-0.3, -0.25) is 4.98 Å². The molecule has 0 aromatic carbocycles. The molecule has 1 fully saturated rings. The van der Waals surface area contributed by atoms with E-state index >= 15 is 0 Å². The van der Waals surface area contributed by atoms with Gasteiger partial charge < -0.3 is 9.85 Å². The molecule has 1 saturated heterocycles. The molecule has 0 saturated carbocycles. The molecule has 1 aromatic rings. The average molecular weight is 265 g/mol. The number of hydrogen-bond acceptors (Lipinski definition) is 2. The Kier molecular flexibility index (Phi) is 6.91.